The topological polar surface area (TPSA) is 32.3 Å². The molecule has 2 saturated heterocycles. The number of likely N-dealkylation sites (tertiary alicyclic amines) is 1. The van der Waals surface area contributed by atoms with E-state index in [1.54, 1.807) is 0 Å². The Morgan fingerprint density at radius 1 is 1.42 bits per heavy atom. The van der Waals surface area contributed by atoms with Crippen molar-refractivity contribution in [1.29, 1.82) is 0 Å². The second-order valence-corrected chi connectivity index (χ2v) is 5.70. The molecule has 0 radical (unpaired) electrons. The number of amides is 1. The van der Waals surface area contributed by atoms with E-state index in [1.165, 1.54) is 31.0 Å². The minimum Gasteiger partial charge on any atom is -0.337 e. The van der Waals surface area contributed by atoms with Crippen molar-refractivity contribution >= 4 is 17.5 Å². The number of halogens is 2. The minimum absolute atomic E-state index is 0.0961. The van der Waals surface area contributed by atoms with Gasteiger partial charge in [0, 0.05) is 19.1 Å². The predicted molar refractivity (Wildman–Crippen MR) is 71.8 cm³/mol. The number of carbonyl (C=O) groups is 1. The molecule has 102 valence electrons. The van der Waals surface area contributed by atoms with Gasteiger partial charge in [0.25, 0.3) is 5.91 Å². The Kier molecular flexibility index (Phi) is 3.46. The van der Waals surface area contributed by atoms with E-state index in [0.29, 0.717) is 17.5 Å². The van der Waals surface area contributed by atoms with Crippen LogP contribution in [0.5, 0.6) is 0 Å². The normalized spacial score (nSPS) is 26.3. The van der Waals surface area contributed by atoms with Crippen LogP contribution in [0.3, 0.4) is 0 Å². The second kappa shape index (κ2) is 5.10. The van der Waals surface area contributed by atoms with Gasteiger partial charge in [-0.3, -0.25) is 4.79 Å². The summed E-state index contributed by atoms with van der Waals surface area (Å²) in [5.41, 5.74) is 0.390. The first-order valence-corrected chi connectivity index (χ1v) is 7.00. The Bertz CT molecular complexity index is 494. The summed E-state index contributed by atoms with van der Waals surface area (Å²) >= 11 is 5.95. The maximum Gasteiger partial charge on any atom is 0.255 e. The number of fused-ring (bicyclic) bond motifs is 1. The molecule has 2 atom stereocenters. The van der Waals surface area contributed by atoms with Crippen LogP contribution in [0.4, 0.5) is 4.39 Å². The fraction of sp³-hybridized carbons (Fsp3) is 0.500. The molecule has 1 aromatic carbocycles. The average Bonchev–Trinajstić information content (AvgIpc) is 2.81. The molecule has 1 amide bonds. The van der Waals surface area contributed by atoms with Crippen LogP contribution >= 0.6 is 11.6 Å². The predicted octanol–water partition coefficient (Wildman–Crippen LogP) is 2.30. The first-order chi connectivity index (χ1) is 9.15. The largest absolute Gasteiger partial charge is 0.337 e. The SMILES string of the molecule is O=C(c1ccc(F)cc1Cl)N1CC2CCCNC2C1. The summed E-state index contributed by atoms with van der Waals surface area (Å²) in [6, 6.07) is 4.34. The summed E-state index contributed by atoms with van der Waals surface area (Å²) in [7, 11) is 0. The first-order valence-electron chi connectivity index (χ1n) is 6.63. The lowest BCUT2D eigenvalue weighted by atomic mass is 9.94. The lowest BCUT2D eigenvalue weighted by molar-refractivity contribution is 0.0786. The van der Waals surface area contributed by atoms with Crippen LogP contribution in [-0.4, -0.2) is 36.5 Å². The Morgan fingerprint density at radius 3 is 3.00 bits per heavy atom. The highest BCUT2D eigenvalue weighted by atomic mass is 35.5. The fourth-order valence-electron chi connectivity index (χ4n) is 3.05. The van der Waals surface area contributed by atoms with E-state index in [1.807, 2.05) is 4.90 Å². The van der Waals surface area contributed by atoms with Crippen molar-refractivity contribution < 1.29 is 9.18 Å². The third-order valence-electron chi connectivity index (χ3n) is 4.05. The van der Waals surface area contributed by atoms with Crippen LogP contribution in [0.1, 0.15) is 23.2 Å². The van der Waals surface area contributed by atoms with E-state index in [4.69, 9.17) is 11.6 Å². The number of carbonyl (C=O) groups excluding carboxylic acids is 1. The molecule has 1 aromatic rings. The van der Waals surface area contributed by atoms with Gasteiger partial charge in [0.05, 0.1) is 10.6 Å². The van der Waals surface area contributed by atoms with Crippen molar-refractivity contribution in [3.63, 3.8) is 0 Å². The molecule has 2 fully saturated rings. The van der Waals surface area contributed by atoms with Crippen LogP contribution in [-0.2, 0) is 0 Å². The Balaban J connectivity index is 1.77. The number of piperidine rings is 1. The van der Waals surface area contributed by atoms with Gasteiger partial charge in [-0.2, -0.15) is 0 Å². The number of benzene rings is 1. The summed E-state index contributed by atoms with van der Waals surface area (Å²) in [6.07, 6.45) is 2.33. The van der Waals surface area contributed by atoms with Crippen molar-refractivity contribution in [3.05, 3.63) is 34.6 Å². The number of nitrogens with one attached hydrogen (secondary N) is 1. The summed E-state index contributed by atoms with van der Waals surface area (Å²) < 4.78 is 13.0. The van der Waals surface area contributed by atoms with Gasteiger partial charge in [-0.05, 0) is 43.5 Å². The van der Waals surface area contributed by atoms with Gasteiger partial charge in [0.2, 0.25) is 0 Å². The van der Waals surface area contributed by atoms with Gasteiger partial charge in [-0.25, -0.2) is 4.39 Å². The molecule has 2 heterocycles. The Labute approximate surface area is 116 Å². The van der Waals surface area contributed by atoms with Gasteiger partial charge in [-0.15, -0.1) is 0 Å². The first kappa shape index (κ1) is 12.9. The zero-order valence-corrected chi connectivity index (χ0v) is 11.3. The Hall–Kier alpha value is -1.13. The highest BCUT2D eigenvalue weighted by molar-refractivity contribution is 6.33. The third kappa shape index (κ3) is 2.47. The maximum atomic E-state index is 13.0. The monoisotopic (exact) mass is 282 g/mol. The van der Waals surface area contributed by atoms with Crippen molar-refractivity contribution in [3.8, 4) is 0 Å². The molecule has 0 saturated carbocycles. The van der Waals surface area contributed by atoms with Crippen LogP contribution < -0.4 is 5.32 Å². The molecule has 2 unspecified atom stereocenters. The van der Waals surface area contributed by atoms with E-state index in [2.05, 4.69) is 5.32 Å². The van der Waals surface area contributed by atoms with Crippen molar-refractivity contribution in [2.24, 2.45) is 5.92 Å². The van der Waals surface area contributed by atoms with Gasteiger partial charge >= 0.3 is 0 Å². The van der Waals surface area contributed by atoms with Crippen LogP contribution in [0.15, 0.2) is 18.2 Å². The lowest BCUT2D eigenvalue weighted by Gasteiger charge is -2.24. The van der Waals surface area contributed by atoms with Gasteiger partial charge in [-0.1, -0.05) is 11.6 Å². The zero-order valence-electron chi connectivity index (χ0n) is 10.5. The van der Waals surface area contributed by atoms with Crippen LogP contribution in [0.2, 0.25) is 5.02 Å². The average molecular weight is 283 g/mol. The molecule has 0 aliphatic carbocycles. The van der Waals surface area contributed by atoms with Crippen LogP contribution in [0, 0.1) is 11.7 Å². The molecule has 3 rings (SSSR count). The van der Waals surface area contributed by atoms with Gasteiger partial charge in [0.15, 0.2) is 0 Å². The summed E-state index contributed by atoms with van der Waals surface area (Å²) in [6.45, 7) is 2.52. The quantitative estimate of drug-likeness (QED) is 0.857. The van der Waals surface area contributed by atoms with Crippen molar-refractivity contribution in [1.82, 2.24) is 10.2 Å². The Morgan fingerprint density at radius 2 is 2.26 bits per heavy atom. The molecule has 5 heteroatoms. The van der Waals surface area contributed by atoms with E-state index in [9.17, 15) is 9.18 Å². The number of hydrogen-bond donors (Lipinski definition) is 1. The number of rotatable bonds is 1. The molecule has 0 bridgehead atoms. The van der Waals surface area contributed by atoms with Gasteiger partial charge in [0.1, 0.15) is 5.82 Å². The molecule has 19 heavy (non-hydrogen) atoms. The molecular weight excluding hydrogens is 267 g/mol. The van der Waals surface area contributed by atoms with E-state index < -0.39 is 5.82 Å². The minimum atomic E-state index is -0.418. The molecule has 3 nitrogen and oxygen atoms in total. The lowest BCUT2D eigenvalue weighted by Crippen LogP contribution is -2.41. The van der Waals surface area contributed by atoms with E-state index in [-0.39, 0.29) is 10.9 Å². The smallest absolute Gasteiger partial charge is 0.255 e. The molecule has 2 aliphatic rings. The van der Waals surface area contributed by atoms with E-state index in [0.717, 1.165) is 19.6 Å². The number of hydrogen-bond acceptors (Lipinski definition) is 2. The molecule has 1 N–H and O–H groups in total. The van der Waals surface area contributed by atoms with Crippen molar-refractivity contribution in [2.45, 2.75) is 18.9 Å². The number of nitrogens with zero attached hydrogens (tertiary/aromatic N) is 1. The highest BCUT2D eigenvalue weighted by Gasteiger charge is 2.36. The standard InChI is InChI=1S/C14H16ClFN2O/c15-12-6-10(16)3-4-11(12)14(19)18-7-9-2-1-5-17-13(9)8-18/h3-4,6,9,13,17H,1-2,5,7-8H2. The van der Waals surface area contributed by atoms with Crippen molar-refractivity contribution in [2.75, 3.05) is 19.6 Å². The third-order valence-corrected chi connectivity index (χ3v) is 4.36. The molecule has 0 spiro atoms. The second-order valence-electron chi connectivity index (χ2n) is 5.30. The molecule has 2 aliphatic heterocycles. The van der Waals surface area contributed by atoms with Crippen LogP contribution in [0.25, 0.3) is 0 Å². The summed E-state index contributed by atoms with van der Waals surface area (Å²) in [4.78, 5) is 14.2. The maximum absolute atomic E-state index is 13.0. The highest BCUT2D eigenvalue weighted by Crippen LogP contribution is 2.27. The molecular formula is C14H16ClFN2O. The fourth-order valence-corrected chi connectivity index (χ4v) is 3.29. The zero-order chi connectivity index (χ0) is 13.4. The molecule has 0 aromatic heterocycles. The van der Waals surface area contributed by atoms with E-state index >= 15 is 0 Å². The van der Waals surface area contributed by atoms with Gasteiger partial charge < -0.3 is 10.2 Å². The summed E-state index contributed by atoms with van der Waals surface area (Å²) in [5, 5.41) is 3.64. The summed E-state index contributed by atoms with van der Waals surface area (Å²) in [5.74, 6) is 0.0245.